The number of hydrogen-bond acceptors (Lipinski definition) is 4. The Morgan fingerprint density at radius 3 is 2.73 bits per heavy atom. The minimum absolute atomic E-state index is 0.548. The fourth-order valence-corrected chi connectivity index (χ4v) is 2.71. The summed E-state index contributed by atoms with van der Waals surface area (Å²) in [5.74, 6) is 1.70. The first-order chi connectivity index (χ1) is 7.13. The molecule has 0 aliphatic rings. The second-order valence-electron chi connectivity index (χ2n) is 4.07. The number of thioether (sulfide) groups is 1. The highest BCUT2D eigenvalue weighted by molar-refractivity contribution is 7.98. The van der Waals surface area contributed by atoms with Crippen molar-refractivity contribution < 1.29 is 0 Å². The van der Waals surface area contributed by atoms with Gasteiger partial charge in [0, 0.05) is 29.6 Å². The first-order valence-corrected chi connectivity index (χ1v) is 7.57. The highest BCUT2D eigenvalue weighted by Crippen LogP contribution is 2.18. The minimum Gasteiger partial charge on any atom is -0.308 e. The predicted octanol–water partition coefficient (Wildman–Crippen LogP) is 3.11. The van der Waals surface area contributed by atoms with E-state index < -0.39 is 0 Å². The third-order valence-electron chi connectivity index (χ3n) is 2.11. The molecule has 1 rings (SSSR count). The molecule has 1 heterocycles. The van der Waals surface area contributed by atoms with E-state index in [-0.39, 0.29) is 0 Å². The lowest BCUT2D eigenvalue weighted by Gasteiger charge is -2.10. The van der Waals surface area contributed by atoms with Crippen LogP contribution in [0.5, 0.6) is 0 Å². The van der Waals surface area contributed by atoms with E-state index in [0.717, 1.165) is 12.3 Å². The van der Waals surface area contributed by atoms with Crippen LogP contribution in [0.15, 0.2) is 5.38 Å². The Labute approximate surface area is 101 Å². The van der Waals surface area contributed by atoms with Gasteiger partial charge in [-0.2, -0.15) is 11.8 Å². The molecule has 0 bridgehead atoms. The molecule has 1 aromatic rings. The van der Waals surface area contributed by atoms with Gasteiger partial charge in [0.05, 0.1) is 10.7 Å². The van der Waals surface area contributed by atoms with Gasteiger partial charge in [-0.1, -0.05) is 13.8 Å². The van der Waals surface area contributed by atoms with Crippen LogP contribution in [0.2, 0.25) is 0 Å². The molecule has 86 valence electrons. The van der Waals surface area contributed by atoms with Crippen LogP contribution in [0.25, 0.3) is 0 Å². The number of nitrogens with zero attached hydrogens (tertiary/aromatic N) is 1. The molecule has 0 fully saturated rings. The molecule has 1 aromatic heterocycles. The summed E-state index contributed by atoms with van der Waals surface area (Å²) in [6.07, 6.45) is 2.14. The number of hydrogen-bond donors (Lipinski definition) is 1. The van der Waals surface area contributed by atoms with Crippen molar-refractivity contribution in [1.82, 2.24) is 10.3 Å². The van der Waals surface area contributed by atoms with Crippen molar-refractivity contribution in [2.75, 3.05) is 12.0 Å². The standard InChI is InChI=1S/C11H20N2S2/c1-8(2)11-13-10(7-15-11)5-12-9(3)6-14-4/h7-9,12H,5-6H2,1-4H3. The first-order valence-electron chi connectivity index (χ1n) is 5.30. The lowest BCUT2D eigenvalue weighted by atomic mass is 10.2. The van der Waals surface area contributed by atoms with E-state index in [0.29, 0.717) is 12.0 Å². The van der Waals surface area contributed by atoms with Crippen LogP contribution >= 0.6 is 23.1 Å². The summed E-state index contributed by atoms with van der Waals surface area (Å²) < 4.78 is 0. The molecule has 4 heteroatoms. The Bertz CT molecular complexity index is 284. The van der Waals surface area contributed by atoms with Crippen LogP contribution in [-0.4, -0.2) is 23.0 Å². The fourth-order valence-electron chi connectivity index (χ4n) is 1.26. The van der Waals surface area contributed by atoms with Gasteiger partial charge in [-0.05, 0) is 13.2 Å². The molecule has 0 radical (unpaired) electrons. The van der Waals surface area contributed by atoms with Gasteiger partial charge >= 0.3 is 0 Å². The lowest BCUT2D eigenvalue weighted by Crippen LogP contribution is -2.27. The molecular weight excluding hydrogens is 224 g/mol. The van der Waals surface area contributed by atoms with Gasteiger partial charge in [0.25, 0.3) is 0 Å². The molecular formula is C11H20N2S2. The van der Waals surface area contributed by atoms with E-state index >= 15 is 0 Å². The van der Waals surface area contributed by atoms with Crippen LogP contribution in [0.1, 0.15) is 37.4 Å². The average molecular weight is 244 g/mol. The Kier molecular flexibility index (Phi) is 5.64. The third-order valence-corrected chi connectivity index (χ3v) is 4.14. The lowest BCUT2D eigenvalue weighted by molar-refractivity contribution is 0.588. The van der Waals surface area contributed by atoms with Crippen molar-refractivity contribution in [2.24, 2.45) is 0 Å². The Morgan fingerprint density at radius 2 is 2.20 bits per heavy atom. The topological polar surface area (TPSA) is 24.9 Å². The summed E-state index contributed by atoms with van der Waals surface area (Å²) in [6.45, 7) is 7.48. The van der Waals surface area contributed by atoms with E-state index in [2.05, 4.69) is 42.7 Å². The zero-order valence-electron chi connectivity index (χ0n) is 9.91. The molecule has 1 unspecified atom stereocenters. The van der Waals surface area contributed by atoms with E-state index in [1.165, 1.54) is 10.7 Å². The van der Waals surface area contributed by atoms with Crippen molar-refractivity contribution in [2.45, 2.75) is 39.3 Å². The summed E-state index contributed by atoms with van der Waals surface area (Å²) >= 11 is 3.64. The van der Waals surface area contributed by atoms with Crippen LogP contribution in [0.3, 0.4) is 0 Å². The molecule has 0 amide bonds. The minimum atomic E-state index is 0.548. The Hall–Kier alpha value is -0.0600. The van der Waals surface area contributed by atoms with Gasteiger partial charge in [0.15, 0.2) is 0 Å². The smallest absolute Gasteiger partial charge is 0.0954 e. The number of thiazole rings is 1. The van der Waals surface area contributed by atoms with Gasteiger partial charge < -0.3 is 5.32 Å². The number of nitrogens with one attached hydrogen (secondary N) is 1. The van der Waals surface area contributed by atoms with Gasteiger partial charge in [0.2, 0.25) is 0 Å². The van der Waals surface area contributed by atoms with E-state index in [1.807, 2.05) is 11.8 Å². The van der Waals surface area contributed by atoms with Crippen molar-refractivity contribution in [3.05, 3.63) is 16.1 Å². The predicted molar refractivity (Wildman–Crippen MR) is 70.9 cm³/mol. The molecule has 0 saturated heterocycles. The van der Waals surface area contributed by atoms with Crippen molar-refractivity contribution >= 4 is 23.1 Å². The maximum atomic E-state index is 4.59. The molecule has 1 N–H and O–H groups in total. The second-order valence-corrected chi connectivity index (χ2v) is 5.87. The summed E-state index contributed by atoms with van der Waals surface area (Å²) in [5, 5.41) is 6.88. The molecule has 0 spiro atoms. The van der Waals surface area contributed by atoms with Gasteiger partial charge in [-0.15, -0.1) is 11.3 Å². The number of aromatic nitrogens is 1. The third kappa shape index (κ3) is 4.53. The van der Waals surface area contributed by atoms with Crippen molar-refractivity contribution in [1.29, 1.82) is 0 Å². The van der Waals surface area contributed by atoms with Crippen molar-refractivity contribution in [3.8, 4) is 0 Å². The highest BCUT2D eigenvalue weighted by atomic mass is 32.2. The maximum absolute atomic E-state index is 4.59. The molecule has 0 aromatic carbocycles. The SMILES string of the molecule is CSCC(C)NCc1csc(C(C)C)n1. The van der Waals surface area contributed by atoms with Gasteiger partial charge in [0.1, 0.15) is 0 Å². The zero-order chi connectivity index (χ0) is 11.3. The fraction of sp³-hybridized carbons (Fsp3) is 0.727. The quantitative estimate of drug-likeness (QED) is 0.832. The summed E-state index contributed by atoms with van der Waals surface area (Å²) in [4.78, 5) is 4.59. The van der Waals surface area contributed by atoms with Gasteiger partial charge in [-0.25, -0.2) is 4.98 Å². The van der Waals surface area contributed by atoms with Crippen LogP contribution in [0.4, 0.5) is 0 Å². The monoisotopic (exact) mass is 244 g/mol. The first kappa shape index (κ1) is 13.0. The average Bonchev–Trinajstić information content (AvgIpc) is 2.63. The molecule has 0 aliphatic carbocycles. The highest BCUT2D eigenvalue weighted by Gasteiger charge is 2.06. The molecule has 1 atom stereocenters. The second kappa shape index (κ2) is 6.51. The van der Waals surface area contributed by atoms with Crippen molar-refractivity contribution in [3.63, 3.8) is 0 Å². The largest absolute Gasteiger partial charge is 0.308 e. The maximum Gasteiger partial charge on any atom is 0.0954 e. The number of rotatable bonds is 6. The summed E-state index contributed by atoms with van der Waals surface area (Å²) in [7, 11) is 0. The Balaban J connectivity index is 2.37. The van der Waals surface area contributed by atoms with Crippen LogP contribution in [0, 0.1) is 0 Å². The zero-order valence-corrected chi connectivity index (χ0v) is 11.5. The van der Waals surface area contributed by atoms with E-state index in [4.69, 9.17) is 0 Å². The Morgan fingerprint density at radius 1 is 1.47 bits per heavy atom. The van der Waals surface area contributed by atoms with E-state index in [9.17, 15) is 0 Å². The molecule has 0 aliphatic heterocycles. The van der Waals surface area contributed by atoms with Crippen LogP contribution < -0.4 is 5.32 Å². The molecule has 15 heavy (non-hydrogen) atoms. The van der Waals surface area contributed by atoms with Crippen LogP contribution in [-0.2, 0) is 6.54 Å². The van der Waals surface area contributed by atoms with Gasteiger partial charge in [-0.3, -0.25) is 0 Å². The molecule has 2 nitrogen and oxygen atoms in total. The molecule has 0 saturated carbocycles. The van der Waals surface area contributed by atoms with E-state index in [1.54, 1.807) is 11.3 Å². The normalized spacial score (nSPS) is 13.4. The summed E-state index contributed by atoms with van der Waals surface area (Å²) in [6, 6.07) is 0.559. The summed E-state index contributed by atoms with van der Waals surface area (Å²) in [5.41, 5.74) is 1.18.